The molecule has 2 aliphatic rings. The number of hydroxylamine groups is 2. The number of nitrogens with zero attached hydrogens (tertiary/aromatic N) is 3. The van der Waals surface area contributed by atoms with Gasteiger partial charge in [0.25, 0.3) is 5.91 Å². The molecule has 2 aromatic rings. The summed E-state index contributed by atoms with van der Waals surface area (Å²) in [6.45, 7) is 2.98. The quantitative estimate of drug-likeness (QED) is 0.214. The lowest BCUT2D eigenvalue weighted by Gasteiger charge is -2.21. The smallest absolute Gasteiger partial charge is 0.326 e. The molecule has 0 aromatic heterocycles. The first-order valence-electron chi connectivity index (χ1n) is 12.7. The van der Waals surface area contributed by atoms with Crippen LogP contribution in [0.3, 0.4) is 0 Å². The van der Waals surface area contributed by atoms with E-state index in [1.54, 1.807) is 50.2 Å². The van der Waals surface area contributed by atoms with Gasteiger partial charge in [0.2, 0.25) is 17.7 Å². The number of carbonyl (C=O) groups is 3. The molecule has 212 valence electrons. The molecule has 0 spiro atoms. The highest BCUT2D eigenvalue weighted by Gasteiger charge is 2.38. The summed E-state index contributed by atoms with van der Waals surface area (Å²) in [5.41, 5.74) is 0.624. The van der Waals surface area contributed by atoms with E-state index in [0.29, 0.717) is 16.2 Å². The van der Waals surface area contributed by atoms with E-state index >= 15 is 0 Å². The number of aliphatic carboxylic acids is 1. The zero-order chi connectivity index (χ0) is 29.0. The Kier molecular flexibility index (Phi) is 8.53. The SMILES string of the molecule is C[C@H]1OC(c2ccccc2O)=N[C@@H]1C(=O)N[C@H](CCCN(O)C(=O)[C@H]1N=C(c2ccccc2O)O[C@@H]1C)C(=O)O. The molecule has 5 N–H and O–H groups in total. The first-order valence-corrected chi connectivity index (χ1v) is 12.7. The lowest BCUT2D eigenvalue weighted by atomic mass is 10.1. The van der Waals surface area contributed by atoms with Gasteiger partial charge in [-0.2, -0.15) is 0 Å². The second kappa shape index (κ2) is 12.0. The van der Waals surface area contributed by atoms with Crippen molar-refractivity contribution in [1.29, 1.82) is 0 Å². The van der Waals surface area contributed by atoms with Crippen LogP contribution in [0.4, 0.5) is 0 Å². The minimum absolute atomic E-state index is 0.0423. The number of carboxylic acid groups (broad SMARTS) is 1. The minimum Gasteiger partial charge on any atom is -0.507 e. The molecule has 13 heteroatoms. The molecule has 0 fully saturated rings. The summed E-state index contributed by atoms with van der Waals surface area (Å²) in [7, 11) is 0. The molecule has 2 amide bonds. The van der Waals surface area contributed by atoms with E-state index in [9.17, 15) is 34.9 Å². The van der Waals surface area contributed by atoms with E-state index in [4.69, 9.17) is 9.47 Å². The minimum atomic E-state index is -1.31. The van der Waals surface area contributed by atoms with Gasteiger partial charge in [0.1, 0.15) is 29.7 Å². The number of carbonyl (C=O) groups excluding carboxylic acids is 2. The third-order valence-electron chi connectivity index (χ3n) is 6.52. The number of para-hydroxylation sites is 2. The van der Waals surface area contributed by atoms with Crippen LogP contribution in [0.2, 0.25) is 0 Å². The second-order valence-corrected chi connectivity index (χ2v) is 9.44. The largest absolute Gasteiger partial charge is 0.507 e. The topological polar surface area (TPSA) is 191 Å². The molecule has 2 heterocycles. The summed E-state index contributed by atoms with van der Waals surface area (Å²) >= 11 is 0. The van der Waals surface area contributed by atoms with Gasteiger partial charge in [-0.15, -0.1) is 0 Å². The third-order valence-corrected chi connectivity index (χ3v) is 6.52. The number of aromatic hydroxyl groups is 2. The van der Waals surface area contributed by atoms with Crippen LogP contribution < -0.4 is 5.32 Å². The van der Waals surface area contributed by atoms with Crippen molar-refractivity contribution in [2.75, 3.05) is 6.54 Å². The molecule has 0 saturated carbocycles. The molecule has 4 rings (SSSR count). The molecule has 0 bridgehead atoms. The number of amides is 2. The predicted molar refractivity (Wildman–Crippen MR) is 140 cm³/mol. The van der Waals surface area contributed by atoms with Crippen molar-refractivity contribution >= 4 is 29.6 Å². The van der Waals surface area contributed by atoms with Crippen LogP contribution in [0.1, 0.15) is 37.8 Å². The molecule has 2 aromatic carbocycles. The van der Waals surface area contributed by atoms with Crippen molar-refractivity contribution < 1.29 is 44.4 Å². The molecular weight excluding hydrogens is 524 g/mol. The van der Waals surface area contributed by atoms with E-state index in [1.807, 2.05) is 0 Å². The van der Waals surface area contributed by atoms with Crippen molar-refractivity contribution in [2.45, 2.75) is 57.0 Å². The van der Waals surface area contributed by atoms with Gasteiger partial charge in [-0.1, -0.05) is 24.3 Å². The summed E-state index contributed by atoms with van der Waals surface area (Å²) in [4.78, 5) is 45.9. The van der Waals surface area contributed by atoms with Crippen molar-refractivity contribution in [3.63, 3.8) is 0 Å². The average Bonchev–Trinajstić information content (AvgIpc) is 3.50. The van der Waals surface area contributed by atoms with Gasteiger partial charge in [0.05, 0.1) is 11.1 Å². The summed E-state index contributed by atoms with van der Waals surface area (Å²) in [5.74, 6) is -2.71. The molecule has 13 nitrogen and oxygen atoms in total. The number of rotatable bonds is 10. The average molecular weight is 555 g/mol. The number of hydrogen-bond donors (Lipinski definition) is 5. The van der Waals surface area contributed by atoms with Crippen molar-refractivity contribution in [3.8, 4) is 11.5 Å². The van der Waals surface area contributed by atoms with Crippen LogP contribution in [-0.4, -0.2) is 92.0 Å². The zero-order valence-corrected chi connectivity index (χ0v) is 21.8. The van der Waals surface area contributed by atoms with Gasteiger partial charge < -0.3 is 30.1 Å². The Morgan fingerprint density at radius 2 is 1.40 bits per heavy atom. The molecule has 2 aliphatic heterocycles. The van der Waals surface area contributed by atoms with Gasteiger partial charge in [0.15, 0.2) is 12.1 Å². The second-order valence-electron chi connectivity index (χ2n) is 9.44. The van der Waals surface area contributed by atoms with Crippen LogP contribution in [-0.2, 0) is 23.9 Å². The van der Waals surface area contributed by atoms with Crippen LogP contribution in [0, 0.1) is 0 Å². The maximum Gasteiger partial charge on any atom is 0.326 e. The maximum atomic E-state index is 12.8. The lowest BCUT2D eigenvalue weighted by molar-refractivity contribution is -0.168. The van der Waals surface area contributed by atoms with Gasteiger partial charge in [-0.05, 0) is 51.0 Å². The van der Waals surface area contributed by atoms with Crippen molar-refractivity contribution in [2.24, 2.45) is 9.98 Å². The number of ether oxygens (including phenoxy) is 2. The maximum absolute atomic E-state index is 12.8. The molecule has 40 heavy (non-hydrogen) atoms. The fourth-order valence-corrected chi connectivity index (χ4v) is 4.33. The highest BCUT2D eigenvalue weighted by Crippen LogP contribution is 2.26. The van der Waals surface area contributed by atoms with Crippen LogP contribution >= 0.6 is 0 Å². The van der Waals surface area contributed by atoms with Gasteiger partial charge in [-0.25, -0.2) is 19.8 Å². The zero-order valence-electron chi connectivity index (χ0n) is 21.8. The fraction of sp³-hybridized carbons (Fsp3) is 0.370. The van der Waals surface area contributed by atoms with E-state index in [1.165, 1.54) is 12.1 Å². The molecule has 0 radical (unpaired) electrons. The van der Waals surface area contributed by atoms with Crippen molar-refractivity contribution in [1.82, 2.24) is 10.4 Å². The number of phenols is 2. The van der Waals surface area contributed by atoms with Gasteiger partial charge in [-0.3, -0.25) is 14.8 Å². The molecule has 5 atom stereocenters. The molecular formula is C27H30N4O9. The standard InChI is InChI=1S/C27H30N4O9/c1-14-21(29-24(39-14)16-8-3-5-11-19(16)32)23(34)28-18(27(36)37)10-7-13-31(38)26(35)22-15(2)40-25(30-22)17-9-4-6-12-20(17)33/h3-6,8-9,11-12,14-15,18,21-22,32-33,38H,7,10,13H2,1-2H3,(H,28,34)(H,36,37)/t14-,15-,18-,21+,22+/m1/s1. The Hall–Kier alpha value is -4.65. The number of aliphatic imine (C=N–C) groups is 2. The molecule has 0 unspecified atom stereocenters. The van der Waals surface area contributed by atoms with E-state index in [-0.39, 0.29) is 42.7 Å². The van der Waals surface area contributed by atoms with Crippen LogP contribution in [0.25, 0.3) is 0 Å². The summed E-state index contributed by atoms with van der Waals surface area (Å²) in [6, 6.07) is 9.28. The molecule has 0 saturated heterocycles. The first-order chi connectivity index (χ1) is 19.1. The third kappa shape index (κ3) is 6.15. The Morgan fingerprint density at radius 3 is 1.93 bits per heavy atom. The van der Waals surface area contributed by atoms with Crippen LogP contribution in [0.15, 0.2) is 58.5 Å². The fourth-order valence-electron chi connectivity index (χ4n) is 4.33. The van der Waals surface area contributed by atoms with Crippen LogP contribution in [0.5, 0.6) is 11.5 Å². The number of benzene rings is 2. The Labute approximate surface area is 229 Å². The summed E-state index contributed by atoms with van der Waals surface area (Å²) in [5, 5.41) is 42.9. The highest BCUT2D eigenvalue weighted by atomic mass is 16.5. The lowest BCUT2D eigenvalue weighted by Crippen LogP contribution is -2.47. The predicted octanol–water partition coefficient (Wildman–Crippen LogP) is 1.43. The Morgan fingerprint density at radius 1 is 0.900 bits per heavy atom. The number of nitrogens with one attached hydrogen (secondary N) is 1. The van der Waals surface area contributed by atoms with Gasteiger partial charge >= 0.3 is 5.97 Å². The van der Waals surface area contributed by atoms with E-state index in [0.717, 1.165) is 0 Å². The van der Waals surface area contributed by atoms with Gasteiger partial charge in [0, 0.05) is 6.54 Å². The number of carboxylic acids is 1. The Balaban J connectivity index is 1.32. The number of phenolic OH excluding ortho intramolecular Hbond substituents is 2. The monoisotopic (exact) mass is 554 g/mol. The van der Waals surface area contributed by atoms with E-state index < -0.39 is 48.1 Å². The number of hydrogen-bond acceptors (Lipinski definition) is 10. The normalized spacial score (nSPS) is 22.4. The first kappa shape index (κ1) is 28.4. The highest BCUT2D eigenvalue weighted by molar-refractivity contribution is 6.01. The van der Waals surface area contributed by atoms with E-state index in [2.05, 4.69) is 15.3 Å². The summed E-state index contributed by atoms with van der Waals surface area (Å²) < 4.78 is 11.2. The van der Waals surface area contributed by atoms with Crippen molar-refractivity contribution in [3.05, 3.63) is 59.7 Å². The summed E-state index contributed by atoms with van der Waals surface area (Å²) in [6.07, 6.45) is -1.46. The Bertz CT molecular complexity index is 1340. The molecule has 0 aliphatic carbocycles.